The second-order valence-electron chi connectivity index (χ2n) is 5.08. The Bertz CT molecular complexity index is 663. The maximum absolute atomic E-state index is 12.5. The van der Waals surface area contributed by atoms with Gasteiger partial charge < -0.3 is 5.32 Å². The van der Waals surface area contributed by atoms with Crippen LogP contribution in [0.5, 0.6) is 0 Å². The summed E-state index contributed by atoms with van der Waals surface area (Å²) in [6.45, 7) is 4.91. The van der Waals surface area contributed by atoms with E-state index >= 15 is 0 Å². The van der Waals surface area contributed by atoms with E-state index in [1.807, 2.05) is 31.2 Å². The molecule has 1 aromatic heterocycles. The van der Waals surface area contributed by atoms with Crippen LogP contribution in [0, 0.1) is 6.92 Å². The lowest BCUT2D eigenvalue weighted by molar-refractivity contribution is 0.546. The molecule has 0 amide bonds. The fourth-order valence-corrected chi connectivity index (χ4v) is 4.89. The van der Waals surface area contributed by atoms with Crippen molar-refractivity contribution < 1.29 is 8.42 Å². The molecule has 21 heavy (non-hydrogen) atoms. The first-order valence-electron chi connectivity index (χ1n) is 7.09. The molecule has 1 heterocycles. The molecular weight excluding hydrogens is 302 g/mol. The average molecular weight is 323 g/mol. The Morgan fingerprint density at radius 3 is 2.57 bits per heavy atom. The van der Waals surface area contributed by atoms with Crippen LogP contribution in [0.15, 0.2) is 46.0 Å². The third kappa shape index (κ3) is 4.15. The van der Waals surface area contributed by atoms with Gasteiger partial charge in [0.15, 0.2) is 9.84 Å². The Morgan fingerprint density at radius 1 is 1.19 bits per heavy atom. The minimum atomic E-state index is -3.26. The fourth-order valence-electron chi connectivity index (χ4n) is 2.30. The van der Waals surface area contributed by atoms with Gasteiger partial charge in [0.05, 0.1) is 5.75 Å². The smallest absolute Gasteiger partial charge is 0.189 e. The minimum absolute atomic E-state index is 0.0956. The van der Waals surface area contributed by atoms with Gasteiger partial charge in [0.25, 0.3) is 0 Å². The summed E-state index contributed by atoms with van der Waals surface area (Å²) in [4.78, 5) is 0. The van der Waals surface area contributed by atoms with E-state index in [4.69, 9.17) is 0 Å². The number of rotatable bonds is 7. The van der Waals surface area contributed by atoms with Gasteiger partial charge in [-0.25, -0.2) is 8.42 Å². The maximum Gasteiger partial charge on any atom is 0.189 e. The standard InChI is InChI=1S/C16H21NO2S2/c1-3-10-17-15(14-8-5-4-7-13(14)2)12-21(18,19)16-9-6-11-20-16/h4-9,11,15,17H,3,10,12H2,1-2H3. The van der Waals surface area contributed by atoms with Crippen molar-refractivity contribution in [2.45, 2.75) is 30.5 Å². The summed E-state index contributed by atoms with van der Waals surface area (Å²) in [6.07, 6.45) is 0.974. The molecule has 2 aromatic rings. The van der Waals surface area contributed by atoms with E-state index in [1.54, 1.807) is 17.5 Å². The average Bonchev–Trinajstić information content (AvgIpc) is 2.99. The molecule has 1 aromatic carbocycles. The lowest BCUT2D eigenvalue weighted by Gasteiger charge is -2.20. The van der Waals surface area contributed by atoms with Crippen molar-refractivity contribution in [1.82, 2.24) is 5.32 Å². The highest BCUT2D eigenvalue weighted by molar-refractivity contribution is 7.93. The molecule has 2 rings (SSSR count). The number of hydrogen-bond acceptors (Lipinski definition) is 4. The summed E-state index contributed by atoms with van der Waals surface area (Å²) >= 11 is 1.28. The van der Waals surface area contributed by atoms with Gasteiger partial charge in [0, 0.05) is 6.04 Å². The molecule has 0 saturated heterocycles. The Hall–Kier alpha value is -1.17. The highest BCUT2D eigenvalue weighted by Gasteiger charge is 2.23. The first kappa shape index (κ1) is 16.2. The van der Waals surface area contributed by atoms with E-state index < -0.39 is 9.84 Å². The molecule has 1 unspecified atom stereocenters. The van der Waals surface area contributed by atoms with E-state index in [2.05, 4.69) is 12.2 Å². The lowest BCUT2D eigenvalue weighted by atomic mass is 10.0. The van der Waals surface area contributed by atoms with Gasteiger partial charge in [-0.3, -0.25) is 0 Å². The van der Waals surface area contributed by atoms with Crippen LogP contribution in [-0.4, -0.2) is 20.7 Å². The molecule has 0 spiro atoms. The van der Waals surface area contributed by atoms with Crippen molar-refractivity contribution in [2.75, 3.05) is 12.3 Å². The van der Waals surface area contributed by atoms with Crippen LogP contribution in [0.1, 0.15) is 30.5 Å². The van der Waals surface area contributed by atoms with Gasteiger partial charge >= 0.3 is 0 Å². The second kappa shape index (κ2) is 7.20. The molecule has 0 saturated carbocycles. The number of nitrogens with one attached hydrogen (secondary N) is 1. The number of thiophene rings is 1. The SMILES string of the molecule is CCCNC(CS(=O)(=O)c1cccs1)c1ccccc1C. The summed E-state index contributed by atoms with van der Waals surface area (Å²) in [5, 5.41) is 5.17. The second-order valence-corrected chi connectivity index (χ2v) is 8.29. The summed E-state index contributed by atoms with van der Waals surface area (Å²) in [5.74, 6) is 0.0956. The first-order valence-corrected chi connectivity index (χ1v) is 9.63. The third-order valence-corrected chi connectivity index (χ3v) is 6.63. The highest BCUT2D eigenvalue weighted by atomic mass is 32.2. The molecular formula is C16H21NO2S2. The van der Waals surface area contributed by atoms with Gasteiger partial charge in [-0.05, 0) is 42.5 Å². The molecule has 5 heteroatoms. The third-order valence-electron chi connectivity index (χ3n) is 3.39. The molecule has 0 aliphatic rings. The van der Waals surface area contributed by atoms with Gasteiger partial charge in [-0.1, -0.05) is 37.3 Å². The van der Waals surface area contributed by atoms with E-state index in [1.165, 1.54) is 11.3 Å². The largest absolute Gasteiger partial charge is 0.309 e. The first-order chi connectivity index (χ1) is 10.0. The Balaban J connectivity index is 2.27. The predicted molar refractivity (Wildman–Crippen MR) is 88.6 cm³/mol. The predicted octanol–water partition coefficient (Wildman–Crippen LogP) is 3.57. The topological polar surface area (TPSA) is 46.2 Å². The molecule has 0 aliphatic heterocycles. The maximum atomic E-state index is 12.5. The zero-order valence-corrected chi connectivity index (χ0v) is 14.0. The number of aryl methyl sites for hydroxylation is 1. The van der Waals surface area contributed by atoms with E-state index in [0.29, 0.717) is 4.21 Å². The zero-order valence-electron chi connectivity index (χ0n) is 12.4. The fraction of sp³-hybridized carbons (Fsp3) is 0.375. The quantitative estimate of drug-likeness (QED) is 0.847. The summed E-state index contributed by atoms with van der Waals surface area (Å²) in [5.41, 5.74) is 2.18. The summed E-state index contributed by atoms with van der Waals surface area (Å²) in [7, 11) is -3.26. The molecule has 0 radical (unpaired) electrons. The Labute approximate surface area is 130 Å². The van der Waals surface area contributed by atoms with Gasteiger partial charge in [-0.15, -0.1) is 11.3 Å². The highest BCUT2D eigenvalue weighted by Crippen LogP contribution is 2.25. The molecule has 0 bridgehead atoms. The van der Waals surface area contributed by atoms with Crippen LogP contribution >= 0.6 is 11.3 Å². The number of hydrogen-bond donors (Lipinski definition) is 1. The van der Waals surface area contributed by atoms with E-state index in [-0.39, 0.29) is 11.8 Å². The van der Waals surface area contributed by atoms with Crippen molar-refractivity contribution >= 4 is 21.2 Å². The molecule has 0 aliphatic carbocycles. The Morgan fingerprint density at radius 2 is 1.95 bits per heavy atom. The van der Waals surface area contributed by atoms with Crippen LogP contribution < -0.4 is 5.32 Å². The van der Waals surface area contributed by atoms with Crippen molar-refractivity contribution in [2.24, 2.45) is 0 Å². The van der Waals surface area contributed by atoms with Crippen molar-refractivity contribution in [3.8, 4) is 0 Å². The van der Waals surface area contributed by atoms with Crippen LogP contribution in [0.25, 0.3) is 0 Å². The number of sulfone groups is 1. The molecule has 0 fully saturated rings. The molecule has 3 nitrogen and oxygen atoms in total. The van der Waals surface area contributed by atoms with Gasteiger partial charge in [0.2, 0.25) is 0 Å². The van der Waals surface area contributed by atoms with Gasteiger partial charge in [0.1, 0.15) is 4.21 Å². The van der Waals surface area contributed by atoms with Gasteiger partial charge in [-0.2, -0.15) is 0 Å². The monoisotopic (exact) mass is 323 g/mol. The Kier molecular flexibility index (Phi) is 5.56. The van der Waals surface area contributed by atoms with E-state index in [9.17, 15) is 8.42 Å². The molecule has 1 atom stereocenters. The summed E-state index contributed by atoms with van der Waals surface area (Å²) in [6, 6.07) is 11.2. The molecule has 1 N–H and O–H groups in total. The van der Waals surface area contributed by atoms with Crippen molar-refractivity contribution in [3.63, 3.8) is 0 Å². The minimum Gasteiger partial charge on any atom is -0.309 e. The van der Waals surface area contributed by atoms with Crippen LogP contribution in [0.3, 0.4) is 0 Å². The lowest BCUT2D eigenvalue weighted by Crippen LogP contribution is -2.29. The zero-order chi connectivity index (χ0) is 15.3. The van der Waals surface area contributed by atoms with Crippen LogP contribution in [0.2, 0.25) is 0 Å². The normalized spacial score (nSPS) is 13.2. The summed E-state index contributed by atoms with van der Waals surface area (Å²) < 4.78 is 25.5. The van der Waals surface area contributed by atoms with Crippen molar-refractivity contribution in [3.05, 3.63) is 52.9 Å². The molecule has 114 valence electrons. The van der Waals surface area contributed by atoms with Crippen molar-refractivity contribution in [1.29, 1.82) is 0 Å². The number of benzene rings is 1. The van der Waals surface area contributed by atoms with Crippen LogP contribution in [-0.2, 0) is 9.84 Å². The van der Waals surface area contributed by atoms with Crippen LogP contribution in [0.4, 0.5) is 0 Å². The van der Waals surface area contributed by atoms with E-state index in [0.717, 1.165) is 24.1 Å².